The Labute approximate surface area is 153 Å². The van der Waals surface area contributed by atoms with E-state index in [2.05, 4.69) is 46.2 Å². The molecular weight excluding hydrogens is 350 g/mol. The van der Waals surface area contributed by atoms with Crippen molar-refractivity contribution < 1.29 is 14.0 Å². The lowest BCUT2D eigenvalue weighted by Gasteiger charge is -2.34. The van der Waals surface area contributed by atoms with Gasteiger partial charge in [0.25, 0.3) is 0 Å². The molecule has 0 spiro atoms. The highest BCUT2D eigenvalue weighted by molar-refractivity contribution is 6.85. The number of rotatable bonds is 12. The molecule has 0 heterocycles. The molecule has 0 aromatic carbocycles. The maximum Gasteiger partial charge on any atom is 0.332 e. The van der Waals surface area contributed by atoms with Crippen molar-refractivity contribution in [3.63, 3.8) is 0 Å². The second-order valence-electron chi connectivity index (χ2n) is 8.52. The summed E-state index contributed by atoms with van der Waals surface area (Å²) >= 11 is 0. The molecule has 142 valence electrons. The van der Waals surface area contributed by atoms with Crippen LogP contribution >= 0.6 is 0 Å². The van der Waals surface area contributed by atoms with E-state index in [1.165, 1.54) is 12.1 Å². The van der Waals surface area contributed by atoms with Crippen LogP contribution in [0.1, 0.15) is 19.8 Å². The first-order valence-electron chi connectivity index (χ1n) is 9.23. The molecule has 0 saturated carbocycles. The summed E-state index contributed by atoms with van der Waals surface area (Å²) in [6, 6.07) is 3.11. The van der Waals surface area contributed by atoms with Crippen molar-refractivity contribution in [2.45, 2.75) is 77.2 Å². The average molecular weight is 390 g/mol. The SMILES string of the molecule is CCCCN(C)C=C(C[Si](C)(C)O[Si](C)(C)CC[SiH](C)C)C(=O)O. The zero-order valence-electron chi connectivity index (χ0n) is 17.1. The minimum atomic E-state index is -2.03. The Morgan fingerprint density at radius 2 is 1.79 bits per heavy atom. The summed E-state index contributed by atoms with van der Waals surface area (Å²) in [4.78, 5) is 13.7. The fourth-order valence-electron chi connectivity index (χ4n) is 2.84. The van der Waals surface area contributed by atoms with Gasteiger partial charge >= 0.3 is 5.97 Å². The third-order valence-corrected chi connectivity index (χ3v) is 13.2. The number of aliphatic carboxylic acids is 1. The van der Waals surface area contributed by atoms with Crippen LogP contribution in [0.15, 0.2) is 11.8 Å². The third kappa shape index (κ3) is 11.2. The summed E-state index contributed by atoms with van der Waals surface area (Å²) in [5, 5.41) is 9.57. The number of carboxylic acids is 1. The molecule has 0 saturated heterocycles. The van der Waals surface area contributed by atoms with E-state index in [0.29, 0.717) is 11.6 Å². The Morgan fingerprint density at radius 3 is 2.25 bits per heavy atom. The normalized spacial score (nSPS) is 13.5. The number of carboxylic acid groups (broad SMARTS) is 1. The van der Waals surface area contributed by atoms with E-state index in [4.69, 9.17) is 4.12 Å². The predicted molar refractivity (Wildman–Crippen MR) is 113 cm³/mol. The molecule has 0 aliphatic carbocycles. The Balaban J connectivity index is 4.92. The molecule has 7 heteroatoms. The van der Waals surface area contributed by atoms with E-state index in [0.717, 1.165) is 19.4 Å². The number of carbonyl (C=O) groups is 1. The van der Waals surface area contributed by atoms with Gasteiger partial charge in [0.1, 0.15) is 0 Å². The molecule has 0 radical (unpaired) electrons. The van der Waals surface area contributed by atoms with Gasteiger partial charge in [-0.1, -0.05) is 32.5 Å². The van der Waals surface area contributed by atoms with E-state index >= 15 is 0 Å². The second-order valence-corrected chi connectivity index (χ2v) is 20.6. The van der Waals surface area contributed by atoms with E-state index in [9.17, 15) is 9.90 Å². The molecule has 0 rings (SSSR count). The van der Waals surface area contributed by atoms with Crippen molar-refractivity contribution in [2.75, 3.05) is 13.6 Å². The first-order chi connectivity index (χ1) is 10.9. The molecule has 1 N–H and O–H groups in total. The Bertz CT molecular complexity index is 423. The summed E-state index contributed by atoms with van der Waals surface area (Å²) in [6.07, 6.45) is 4.00. The molecule has 0 aromatic rings. The van der Waals surface area contributed by atoms with E-state index < -0.39 is 31.4 Å². The van der Waals surface area contributed by atoms with E-state index in [1.54, 1.807) is 0 Å². The van der Waals surface area contributed by atoms with Crippen LogP contribution in [0.2, 0.25) is 57.4 Å². The van der Waals surface area contributed by atoms with Gasteiger partial charge in [0.05, 0.1) is 5.57 Å². The Kier molecular flexibility index (Phi) is 10.4. The van der Waals surface area contributed by atoms with Crippen molar-refractivity contribution in [1.82, 2.24) is 4.90 Å². The molecule has 0 atom stereocenters. The molecule has 0 amide bonds. The van der Waals surface area contributed by atoms with Gasteiger partial charge in [-0.15, -0.1) is 0 Å². The minimum Gasteiger partial charge on any atom is -0.478 e. The first kappa shape index (κ1) is 23.6. The van der Waals surface area contributed by atoms with Crippen molar-refractivity contribution >= 4 is 31.4 Å². The predicted octanol–water partition coefficient (Wildman–Crippen LogP) is 4.60. The highest BCUT2D eigenvalue weighted by Gasteiger charge is 2.34. The van der Waals surface area contributed by atoms with Gasteiger partial charge in [-0.2, -0.15) is 0 Å². The zero-order valence-corrected chi connectivity index (χ0v) is 20.3. The summed E-state index contributed by atoms with van der Waals surface area (Å²) in [7, 11) is -2.33. The highest BCUT2D eigenvalue weighted by Crippen LogP contribution is 2.26. The zero-order chi connectivity index (χ0) is 19.0. The quantitative estimate of drug-likeness (QED) is 0.391. The van der Waals surface area contributed by atoms with Gasteiger partial charge in [-0.25, -0.2) is 4.79 Å². The van der Waals surface area contributed by atoms with Gasteiger partial charge < -0.3 is 14.1 Å². The number of unbranched alkanes of at least 4 members (excludes halogenated alkanes) is 1. The molecule has 0 aromatic heterocycles. The Hall–Kier alpha value is -0.379. The van der Waals surface area contributed by atoms with E-state index in [1.807, 2.05) is 18.1 Å². The van der Waals surface area contributed by atoms with Crippen LogP contribution in [0, 0.1) is 0 Å². The second kappa shape index (κ2) is 10.6. The molecule has 0 fully saturated rings. The molecule has 4 nitrogen and oxygen atoms in total. The summed E-state index contributed by atoms with van der Waals surface area (Å²) in [5.41, 5.74) is 0.494. The largest absolute Gasteiger partial charge is 0.478 e. The number of nitrogens with zero attached hydrogens (tertiary/aromatic N) is 1. The maximum atomic E-state index is 11.7. The lowest BCUT2D eigenvalue weighted by atomic mass is 10.3. The van der Waals surface area contributed by atoms with Crippen molar-refractivity contribution in [1.29, 1.82) is 0 Å². The van der Waals surface area contributed by atoms with Crippen LogP contribution < -0.4 is 0 Å². The molecule has 0 aliphatic rings. The molecule has 0 bridgehead atoms. The van der Waals surface area contributed by atoms with E-state index in [-0.39, 0.29) is 0 Å². The van der Waals surface area contributed by atoms with Crippen LogP contribution in [0.4, 0.5) is 0 Å². The van der Waals surface area contributed by atoms with Crippen LogP contribution in [0.25, 0.3) is 0 Å². The lowest BCUT2D eigenvalue weighted by Crippen LogP contribution is -2.45. The monoisotopic (exact) mass is 389 g/mol. The summed E-state index contributed by atoms with van der Waals surface area (Å²) < 4.78 is 6.60. The smallest absolute Gasteiger partial charge is 0.332 e. The average Bonchev–Trinajstić information content (AvgIpc) is 2.40. The van der Waals surface area contributed by atoms with Crippen molar-refractivity contribution in [3.8, 4) is 0 Å². The van der Waals surface area contributed by atoms with Crippen LogP contribution in [-0.2, 0) is 8.91 Å². The molecule has 0 unspecified atom stereocenters. The fraction of sp³-hybridized carbons (Fsp3) is 0.824. The molecular formula is C17H39NO3Si3. The van der Waals surface area contributed by atoms with Gasteiger partial charge in [0.15, 0.2) is 16.6 Å². The number of hydrogen-bond donors (Lipinski definition) is 1. The fourth-order valence-corrected chi connectivity index (χ4v) is 15.8. The van der Waals surface area contributed by atoms with Crippen molar-refractivity contribution in [2.24, 2.45) is 0 Å². The van der Waals surface area contributed by atoms with Gasteiger partial charge in [0, 0.05) is 28.6 Å². The third-order valence-electron chi connectivity index (χ3n) is 4.01. The van der Waals surface area contributed by atoms with Gasteiger partial charge in [-0.3, -0.25) is 0 Å². The standard InChI is InChI=1S/C17H39NO3Si3/c1-9-10-11-18(2)14-16(17(19)20)15-24(7,8)21-23(5,6)13-12-22(3)4/h14,22H,9-13,15H2,1-8H3,(H,19,20). The lowest BCUT2D eigenvalue weighted by molar-refractivity contribution is -0.132. The molecule has 0 aliphatic heterocycles. The van der Waals surface area contributed by atoms with Gasteiger partial charge in [0.2, 0.25) is 0 Å². The topological polar surface area (TPSA) is 49.8 Å². The summed E-state index contributed by atoms with van der Waals surface area (Å²) in [6.45, 7) is 16.7. The number of hydrogen-bond acceptors (Lipinski definition) is 3. The minimum absolute atomic E-state index is 0.494. The maximum absolute atomic E-state index is 11.7. The molecule has 24 heavy (non-hydrogen) atoms. The van der Waals surface area contributed by atoms with Crippen LogP contribution in [-0.4, -0.2) is 55.0 Å². The van der Waals surface area contributed by atoms with Crippen LogP contribution in [0.3, 0.4) is 0 Å². The van der Waals surface area contributed by atoms with Crippen molar-refractivity contribution in [3.05, 3.63) is 11.8 Å². The summed E-state index contributed by atoms with van der Waals surface area (Å²) in [5.74, 6) is -0.809. The Morgan fingerprint density at radius 1 is 1.21 bits per heavy atom. The highest BCUT2D eigenvalue weighted by atomic mass is 28.4. The first-order valence-corrected chi connectivity index (χ1v) is 18.6. The van der Waals surface area contributed by atoms with Gasteiger partial charge in [-0.05, 0) is 44.7 Å². The van der Waals surface area contributed by atoms with Crippen LogP contribution in [0.5, 0.6) is 0 Å².